The molecule has 1 aromatic heterocycles. The van der Waals surface area contributed by atoms with Crippen molar-refractivity contribution in [2.75, 3.05) is 13.1 Å². The van der Waals surface area contributed by atoms with Gasteiger partial charge in [0.25, 0.3) is 5.91 Å². The Kier molecular flexibility index (Phi) is 5.71. The first-order valence-corrected chi connectivity index (χ1v) is 9.88. The first kappa shape index (κ1) is 18.6. The van der Waals surface area contributed by atoms with Crippen LogP contribution in [0, 0.1) is 6.92 Å². The molecule has 1 N–H and O–H groups in total. The summed E-state index contributed by atoms with van der Waals surface area (Å²) in [5, 5.41) is 4.10. The van der Waals surface area contributed by atoms with Gasteiger partial charge in [-0.05, 0) is 18.9 Å². The first-order chi connectivity index (χ1) is 12.5. The topological polar surface area (TPSA) is 62.3 Å². The van der Waals surface area contributed by atoms with Gasteiger partial charge in [0.2, 0.25) is 5.91 Å². The molecule has 0 saturated carbocycles. The highest BCUT2D eigenvalue weighted by atomic mass is 32.1. The van der Waals surface area contributed by atoms with E-state index in [9.17, 15) is 9.59 Å². The number of rotatable bonds is 6. The molecule has 5 nitrogen and oxygen atoms in total. The normalized spacial score (nSPS) is 15.5. The molecule has 0 aliphatic carbocycles. The fourth-order valence-corrected chi connectivity index (χ4v) is 4.11. The molecule has 1 unspecified atom stereocenters. The van der Waals surface area contributed by atoms with E-state index in [2.05, 4.69) is 24.1 Å². The summed E-state index contributed by atoms with van der Waals surface area (Å²) >= 11 is 1.45. The lowest BCUT2D eigenvalue weighted by atomic mass is 10.1. The van der Waals surface area contributed by atoms with Gasteiger partial charge >= 0.3 is 0 Å². The molecule has 3 rings (SSSR count). The van der Waals surface area contributed by atoms with E-state index in [-0.39, 0.29) is 17.9 Å². The molecule has 2 aromatic rings. The molecule has 0 spiro atoms. The van der Waals surface area contributed by atoms with Gasteiger partial charge in [0.15, 0.2) is 0 Å². The average molecular weight is 372 g/mol. The maximum Gasteiger partial charge on any atom is 0.263 e. The van der Waals surface area contributed by atoms with Crippen LogP contribution in [0.4, 0.5) is 0 Å². The van der Waals surface area contributed by atoms with Crippen molar-refractivity contribution >= 4 is 23.2 Å². The van der Waals surface area contributed by atoms with Gasteiger partial charge in [-0.3, -0.25) is 9.59 Å². The highest BCUT2D eigenvalue weighted by Gasteiger charge is 2.26. The third kappa shape index (κ3) is 4.12. The molecule has 26 heavy (non-hydrogen) atoms. The minimum atomic E-state index is -0.227. The van der Waals surface area contributed by atoms with Crippen LogP contribution in [0.3, 0.4) is 0 Å². The van der Waals surface area contributed by atoms with E-state index in [1.807, 2.05) is 42.2 Å². The number of thiazole rings is 1. The Labute approximate surface area is 158 Å². The molecule has 1 aliphatic heterocycles. The summed E-state index contributed by atoms with van der Waals surface area (Å²) in [6, 6.07) is 9.61. The molecule has 2 heterocycles. The van der Waals surface area contributed by atoms with E-state index in [1.54, 1.807) is 0 Å². The van der Waals surface area contributed by atoms with Crippen molar-refractivity contribution in [2.45, 2.75) is 45.6 Å². The third-order valence-electron chi connectivity index (χ3n) is 4.59. The van der Waals surface area contributed by atoms with Gasteiger partial charge in [-0.15, -0.1) is 11.3 Å². The third-order valence-corrected chi connectivity index (χ3v) is 6.05. The SMILES string of the molecule is Cc1nc(C(C)C)sc1C(=O)NC(CN1CCCC1=O)c1ccccc1. The lowest BCUT2D eigenvalue weighted by Crippen LogP contribution is -2.38. The molecule has 1 aliphatic rings. The number of aromatic nitrogens is 1. The van der Waals surface area contributed by atoms with Gasteiger partial charge in [0.1, 0.15) is 4.88 Å². The monoisotopic (exact) mass is 371 g/mol. The van der Waals surface area contributed by atoms with E-state index < -0.39 is 0 Å². The molecular formula is C20H25N3O2S. The summed E-state index contributed by atoms with van der Waals surface area (Å²) in [6.07, 6.45) is 1.49. The summed E-state index contributed by atoms with van der Waals surface area (Å²) in [5.74, 6) is 0.344. The van der Waals surface area contributed by atoms with E-state index in [0.717, 1.165) is 29.2 Å². The van der Waals surface area contributed by atoms with Crippen LogP contribution in [0.25, 0.3) is 0 Å². The maximum atomic E-state index is 12.9. The Morgan fingerprint density at radius 3 is 2.62 bits per heavy atom. The molecule has 1 atom stereocenters. The van der Waals surface area contributed by atoms with Crippen LogP contribution in [0.1, 0.15) is 64.6 Å². The zero-order chi connectivity index (χ0) is 18.7. The van der Waals surface area contributed by atoms with E-state index >= 15 is 0 Å². The largest absolute Gasteiger partial charge is 0.343 e. The number of benzene rings is 1. The number of carbonyl (C=O) groups excluding carboxylic acids is 2. The molecule has 1 fully saturated rings. The lowest BCUT2D eigenvalue weighted by Gasteiger charge is -2.25. The Morgan fingerprint density at radius 2 is 2.04 bits per heavy atom. The number of hydrogen-bond acceptors (Lipinski definition) is 4. The van der Waals surface area contributed by atoms with Crippen molar-refractivity contribution in [1.29, 1.82) is 0 Å². The van der Waals surface area contributed by atoms with E-state index in [0.29, 0.717) is 23.8 Å². The van der Waals surface area contributed by atoms with Gasteiger partial charge in [-0.2, -0.15) is 0 Å². The number of amides is 2. The van der Waals surface area contributed by atoms with Crippen molar-refractivity contribution in [2.24, 2.45) is 0 Å². The number of likely N-dealkylation sites (tertiary alicyclic amines) is 1. The van der Waals surface area contributed by atoms with E-state index in [1.165, 1.54) is 11.3 Å². The Hall–Kier alpha value is -2.21. The standard InChI is InChI=1S/C20H25N3O2S/c1-13(2)20-21-14(3)18(26-20)19(25)22-16(15-8-5-4-6-9-15)12-23-11-7-10-17(23)24/h4-6,8-9,13,16H,7,10-12H2,1-3H3,(H,22,25). The smallest absolute Gasteiger partial charge is 0.263 e. The number of nitrogens with zero attached hydrogens (tertiary/aromatic N) is 2. The van der Waals surface area contributed by atoms with Crippen LogP contribution in [0.15, 0.2) is 30.3 Å². The highest BCUT2D eigenvalue weighted by molar-refractivity contribution is 7.13. The van der Waals surface area contributed by atoms with Crippen molar-refractivity contribution in [1.82, 2.24) is 15.2 Å². The number of hydrogen-bond donors (Lipinski definition) is 1. The summed E-state index contributed by atoms with van der Waals surface area (Å²) in [5.41, 5.74) is 1.77. The zero-order valence-corrected chi connectivity index (χ0v) is 16.3. The number of aryl methyl sites for hydroxylation is 1. The predicted octanol–water partition coefficient (Wildman–Crippen LogP) is 3.67. The Balaban J connectivity index is 1.81. The highest BCUT2D eigenvalue weighted by Crippen LogP contribution is 2.26. The van der Waals surface area contributed by atoms with Crippen molar-refractivity contribution in [3.05, 3.63) is 51.5 Å². The maximum absolute atomic E-state index is 12.9. The molecule has 2 amide bonds. The Morgan fingerprint density at radius 1 is 1.31 bits per heavy atom. The predicted molar refractivity (Wildman–Crippen MR) is 103 cm³/mol. The number of carbonyl (C=O) groups is 2. The van der Waals surface area contributed by atoms with Gasteiger partial charge < -0.3 is 10.2 Å². The molecular weight excluding hydrogens is 346 g/mol. The fraction of sp³-hybridized carbons (Fsp3) is 0.450. The quantitative estimate of drug-likeness (QED) is 0.843. The minimum Gasteiger partial charge on any atom is -0.343 e. The zero-order valence-electron chi connectivity index (χ0n) is 15.5. The molecule has 0 bridgehead atoms. The van der Waals surface area contributed by atoms with Gasteiger partial charge in [0.05, 0.1) is 16.7 Å². The molecule has 0 radical (unpaired) electrons. The van der Waals surface area contributed by atoms with Gasteiger partial charge in [-0.1, -0.05) is 44.2 Å². The minimum absolute atomic E-state index is 0.118. The molecule has 1 aromatic carbocycles. The summed E-state index contributed by atoms with van der Waals surface area (Å²) in [6.45, 7) is 7.29. The summed E-state index contributed by atoms with van der Waals surface area (Å²) in [4.78, 5) is 31.9. The van der Waals surface area contributed by atoms with E-state index in [4.69, 9.17) is 0 Å². The second-order valence-corrected chi connectivity index (χ2v) is 8.03. The second kappa shape index (κ2) is 7.99. The average Bonchev–Trinajstić information content (AvgIpc) is 3.21. The first-order valence-electron chi connectivity index (χ1n) is 9.06. The van der Waals surface area contributed by atoms with Crippen LogP contribution in [-0.2, 0) is 4.79 Å². The van der Waals surface area contributed by atoms with Crippen LogP contribution in [-0.4, -0.2) is 34.8 Å². The van der Waals surface area contributed by atoms with Crippen LogP contribution in [0.2, 0.25) is 0 Å². The van der Waals surface area contributed by atoms with Crippen molar-refractivity contribution < 1.29 is 9.59 Å². The Bertz CT molecular complexity index is 786. The van der Waals surface area contributed by atoms with Crippen LogP contribution < -0.4 is 5.32 Å². The van der Waals surface area contributed by atoms with Crippen molar-refractivity contribution in [3.8, 4) is 0 Å². The lowest BCUT2D eigenvalue weighted by molar-refractivity contribution is -0.128. The van der Waals surface area contributed by atoms with Gasteiger partial charge in [0, 0.05) is 25.4 Å². The summed E-state index contributed by atoms with van der Waals surface area (Å²) < 4.78 is 0. The molecule has 1 saturated heterocycles. The number of nitrogens with one attached hydrogen (secondary N) is 1. The molecule has 138 valence electrons. The van der Waals surface area contributed by atoms with Crippen molar-refractivity contribution in [3.63, 3.8) is 0 Å². The molecule has 6 heteroatoms. The summed E-state index contributed by atoms with van der Waals surface area (Å²) in [7, 11) is 0. The van der Waals surface area contributed by atoms with Crippen LogP contribution in [0.5, 0.6) is 0 Å². The fourth-order valence-electron chi connectivity index (χ4n) is 3.14. The van der Waals surface area contributed by atoms with Crippen LogP contribution >= 0.6 is 11.3 Å². The van der Waals surface area contributed by atoms with Gasteiger partial charge in [-0.25, -0.2) is 4.98 Å². The second-order valence-electron chi connectivity index (χ2n) is 7.00.